The van der Waals surface area contributed by atoms with Crippen molar-refractivity contribution in [2.45, 2.75) is 97.9 Å². The minimum absolute atomic E-state index is 0.146. The molecule has 0 aliphatic carbocycles. The van der Waals surface area contributed by atoms with Gasteiger partial charge in [0.15, 0.2) is 0 Å². The lowest BCUT2D eigenvalue weighted by molar-refractivity contribution is -0.101. The molecule has 0 atom stereocenters. The summed E-state index contributed by atoms with van der Waals surface area (Å²) in [5.41, 5.74) is 0.537. The smallest absolute Gasteiger partial charge is 0.0332 e. The molecular formula is C22H46N4. The Bertz CT molecular complexity index is 459. The third-order valence-corrected chi connectivity index (χ3v) is 7.71. The first kappa shape index (κ1) is 22.1. The molecule has 0 aromatic carbocycles. The summed E-state index contributed by atoms with van der Waals surface area (Å²) in [5.74, 6) is 0. The van der Waals surface area contributed by atoms with E-state index in [4.69, 9.17) is 0 Å². The first-order chi connectivity index (χ1) is 11.8. The van der Waals surface area contributed by atoms with E-state index in [1.807, 2.05) is 0 Å². The number of hydrogen-bond acceptors (Lipinski definition) is 4. The quantitative estimate of drug-likeness (QED) is 0.739. The maximum absolute atomic E-state index is 2.76. The fourth-order valence-corrected chi connectivity index (χ4v) is 5.17. The Morgan fingerprint density at radius 2 is 1.12 bits per heavy atom. The highest BCUT2D eigenvalue weighted by molar-refractivity contribution is 5.07. The van der Waals surface area contributed by atoms with E-state index >= 15 is 0 Å². The van der Waals surface area contributed by atoms with Crippen LogP contribution in [0.4, 0.5) is 0 Å². The van der Waals surface area contributed by atoms with Crippen LogP contribution in [0.3, 0.4) is 0 Å². The van der Waals surface area contributed by atoms with Crippen molar-refractivity contribution in [2.24, 2.45) is 0 Å². The molecule has 2 fully saturated rings. The molecule has 2 aliphatic heterocycles. The van der Waals surface area contributed by atoms with E-state index in [1.165, 1.54) is 39.3 Å². The van der Waals surface area contributed by atoms with Crippen LogP contribution in [0.2, 0.25) is 0 Å². The topological polar surface area (TPSA) is 13.0 Å². The van der Waals surface area contributed by atoms with Crippen LogP contribution in [0.25, 0.3) is 0 Å². The second kappa shape index (κ2) is 7.69. The van der Waals surface area contributed by atoms with E-state index < -0.39 is 0 Å². The van der Waals surface area contributed by atoms with Crippen molar-refractivity contribution in [3.63, 3.8) is 0 Å². The molecule has 2 saturated heterocycles. The molecule has 26 heavy (non-hydrogen) atoms. The van der Waals surface area contributed by atoms with E-state index in [1.54, 1.807) is 0 Å². The van der Waals surface area contributed by atoms with Gasteiger partial charge >= 0.3 is 0 Å². The Kier molecular flexibility index (Phi) is 6.55. The lowest BCUT2D eigenvalue weighted by Crippen LogP contribution is -2.73. The zero-order chi connectivity index (χ0) is 19.9. The maximum Gasteiger partial charge on any atom is 0.0332 e. The molecule has 0 bridgehead atoms. The van der Waals surface area contributed by atoms with Crippen molar-refractivity contribution in [1.29, 1.82) is 0 Å². The van der Waals surface area contributed by atoms with Crippen molar-refractivity contribution in [2.75, 3.05) is 45.8 Å². The van der Waals surface area contributed by atoms with Crippen molar-refractivity contribution in [3.8, 4) is 0 Å². The third kappa shape index (κ3) is 4.14. The lowest BCUT2D eigenvalue weighted by atomic mass is 9.77. The number of piperazine rings is 2. The SMILES string of the molecule is CC(C)N1CCN(C(C)(C)C(C)(C)N2CCN(C(C)C)C(C)(C)C2)CC1. The van der Waals surface area contributed by atoms with E-state index in [-0.39, 0.29) is 16.6 Å². The van der Waals surface area contributed by atoms with E-state index in [9.17, 15) is 0 Å². The third-order valence-electron chi connectivity index (χ3n) is 7.71. The summed E-state index contributed by atoms with van der Waals surface area (Å²) in [6.45, 7) is 32.3. The van der Waals surface area contributed by atoms with Gasteiger partial charge in [0.25, 0.3) is 0 Å². The van der Waals surface area contributed by atoms with Gasteiger partial charge in [-0.15, -0.1) is 0 Å². The summed E-state index contributed by atoms with van der Waals surface area (Å²) < 4.78 is 0. The molecule has 0 N–H and O–H groups in total. The molecule has 0 aromatic heterocycles. The molecule has 154 valence electrons. The molecule has 4 nitrogen and oxygen atoms in total. The largest absolute Gasteiger partial charge is 0.298 e. The molecule has 2 aliphatic rings. The van der Waals surface area contributed by atoms with Crippen LogP contribution in [0, 0.1) is 0 Å². The number of rotatable bonds is 5. The molecular weight excluding hydrogens is 320 g/mol. The summed E-state index contributed by atoms with van der Waals surface area (Å²) in [5, 5.41) is 0. The molecule has 0 aromatic rings. The zero-order valence-corrected chi connectivity index (χ0v) is 19.4. The molecule has 0 unspecified atom stereocenters. The standard InChI is InChI=1S/C22H46N4/c1-18(2)23-11-13-24(14-12-23)21(7,8)22(9,10)25-15-16-26(19(3)4)20(5,6)17-25/h18-19H,11-17H2,1-10H3. The number of hydrogen-bond donors (Lipinski definition) is 0. The first-order valence-electron chi connectivity index (χ1n) is 10.8. The van der Waals surface area contributed by atoms with E-state index in [2.05, 4.69) is 88.8 Å². The summed E-state index contributed by atoms with van der Waals surface area (Å²) in [6.07, 6.45) is 0. The van der Waals surface area contributed by atoms with Crippen LogP contribution in [0.1, 0.15) is 69.2 Å². The minimum atomic E-state index is 0.146. The highest BCUT2D eigenvalue weighted by atomic mass is 15.4. The molecule has 0 saturated carbocycles. The Labute approximate surface area is 163 Å². The second-order valence-electron chi connectivity index (χ2n) is 10.8. The van der Waals surface area contributed by atoms with Crippen molar-refractivity contribution < 1.29 is 0 Å². The van der Waals surface area contributed by atoms with Gasteiger partial charge in [0.05, 0.1) is 0 Å². The van der Waals surface area contributed by atoms with Crippen LogP contribution in [-0.4, -0.2) is 94.1 Å². The fourth-order valence-electron chi connectivity index (χ4n) is 5.17. The van der Waals surface area contributed by atoms with Crippen molar-refractivity contribution >= 4 is 0 Å². The van der Waals surface area contributed by atoms with Crippen LogP contribution in [-0.2, 0) is 0 Å². The fraction of sp³-hybridized carbons (Fsp3) is 1.00. The highest BCUT2D eigenvalue weighted by Crippen LogP contribution is 2.37. The average molecular weight is 367 g/mol. The lowest BCUT2D eigenvalue weighted by Gasteiger charge is -2.60. The van der Waals surface area contributed by atoms with Gasteiger partial charge in [-0.2, -0.15) is 0 Å². The van der Waals surface area contributed by atoms with E-state index in [0.717, 1.165) is 6.54 Å². The van der Waals surface area contributed by atoms with Gasteiger partial charge in [-0.1, -0.05) is 0 Å². The Hall–Kier alpha value is -0.160. The predicted molar refractivity (Wildman–Crippen MR) is 114 cm³/mol. The minimum Gasteiger partial charge on any atom is -0.298 e. The maximum atomic E-state index is 2.76. The number of nitrogens with zero attached hydrogens (tertiary/aromatic N) is 4. The molecule has 0 radical (unpaired) electrons. The van der Waals surface area contributed by atoms with Gasteiger partial charge in [-0.3, -0.25) is 19.6 Å². The molecule has 0 spiro atoms. The first-order valence-corrected chi connectivity index (χ1v) is 10.8. The van der Waals surface area contributed by atoms with Crippen molar-refractivity contribution in [3.05, 3.63) is 0 Å². The Morgan fingerprint density at radius 3 is 1.54 bits per heavy atom. The normalized spacial score (nSPS) is 25.4. The van der Waals surface area contributed by atoms with Crippen LogP contribution in [0.5, 0.6) is 0 Å². The monoisotopic (exact) mass is 366 g/mol. The van der Waals surface area contributed by atoms with Gasteiger partial charge in [-0.25, -0.2) is 0 Å². The summed E-state index contributed by atoms with van der Waals surface area (Å²) in [6, 6.07) is 1.28. The summed E-state index contributed by atoms with van der Waals surface area (Å²) in [4.78, 5) is 10.8. The summed E-state index contributed by atoms with van der Waals surface area (Å²) >= 11 is 0. The zero-order valence-electron chi connectivity index (χ0n) is 19.4. The summed E-state index contributed by atoms with van der Waals surface area (Å²) in [7, 11) is 0. The molecule has 2 rings (SSSR count). The van der Waals surface area contributed by atoms with Crippen LogP contribution >= 0.6 is 0 Å². The second-order valence-corrected chi connectivity index (χ2v) is 10.8. The molecule has 2 heterocycles. The van der Waals surface area contributed by atoms with Crippen LogP contribution < -0.4 is 0 Å². The Balaban J connectivity index is 2.11. The highest BCUT2D eigenvalue weighted by Gasteiger charge is 2.49. The van der Waals surface area contributed by atoms with Crippen LogP contribution in [0.15, 0.2) is 0 Å². The molecule has 4 heteroatoms. The average Bonchev–Trinajstić information content (AvgIpc) is 2.53. The molecule has 0 amide bonds. The predicted octanol–water partition coefficient (Wildman–Crippen LogP) is 3.37. The van der Waals surface area contributed by atoms with Crippen molar-refractivity contribution in [1.82, 2.24) is 19.6 Å². The van der Waals surface area contributed by atoms with Gasteiger partial charge in [0.2, 0.25) is 0 Å². The van der Waals surface area contributed by atoms with E-state index in [0.29, 0.717) is 12.1 Å². The van der Waals surface area contributed by atoms with Gasteiger partial charge < -0.3 is 0 Å². The van der Waals surface area contributed by atoms with Gasteiger partial charge in [0.1, 0.15) is 0 Å². The Morgan fingerprint density at radius 1 is 0.654 bits per heavy atom. The van der Waals surface area contributed by atoms with Gasteiger partial charge in [-0.05, 0) is 69.2 Å². The van der Waals surface area contributed by atoms with Gasteiger partial charge in [0, 0.05) is 74.5 Å².